The lowest BCUT2D eigenvalue weighted by molar-refractivity contribution is 0.0702. The number of carboxylic acids is 1. The highest BCUT2D eigenvalue weighted by molar-refractivity contribution is 7.29. The molecule has 4 heterocycles. The van der Waals surface area contributed by atoms with E-state index in [0.717, 1.165) is 77.3 Å². The molecule has 0 radical (unpaired) electrons. The molecule has 0 atom stereocenters. The van der Waals surface area contributed by atoms with E-state index in [-0.39, 0.29) is 4.88 Å². The van der Waals surface area contributed by atoms with Crippen LogP contribution in [0.3, 0.4) is 0 Å². The summed E-state index contributed by atoms with van der Waals surface area (Å²) in [6.45, 7) is 10.5. The SMILES string of the molecule is CCCCCCOc1ccc(N(c2ccc(OCCCCCC)cc2)c2ccc(-c3sc(-c4sc(-c5ccc(-c6ncc(C(=O)O)s6)s5)cc4CCCCCC)cc3CCCCCC)cc2)cc1. The minimum Gasteiger partial charge on any atom is -0.494 e. The Bertz CT molecular complexity index is 2510. The number of carbonyl (C=O) groups is 1. The molecule has 3 aromatic carbocycles. The van der Waals surface area contributed by atoms with Crippen LogP contribution >= 0.6 is 45.3 Å². The van der Waals surface area contributed by atoms with Crippen LogP contribution in [-0.2, 0) is 12.8 Å². The predicted molar refractivity (Wildman–Crippen MR) is 294 cm³/mol. The van der Waals surface area contributed by atoms with Crippen LogP contribution in [0.5, 0.6) is 11.5 Å². The van der Waals surface area contributed by atoms with Crippen molar-refractivity contribution in [2.24, 2.45) is 0 Å². The van der Waals surface area contributed by atoms with Crippen molar-refractivity contribution in [3.05, 3.63) is 119 Å². The third kappa shape index (κ3) is 14.2. The maximum Gasteiger partial charge on any atom is 0.347 e. The number of thiazole rings is 1. The second-order valence-electron chi connectivity index (χ2n) is 17.7. The molecule has 0 saturated heterocycles. The molecular formula is C58H70N2O4S4. The molecule has 0 spiro atoms. The summed E-state index contributed by atoms with van der Waals surface area (Å²) in [5, 5.41) is 10.3. The van der Waals surface area contributed by atoms with Gasteiger partial charge in [0.1, 0.15) is 21.4 Å². The molecule has 1 N–H and O–H groups in total. The van der Waals surface area contributed by atoms with Crippen molar-refractivity contribution in [1.29, 1.82) is 0 Å². The monoisotopic (exact) mass is 986 g/mol. The maximum atomic E-state index is 11.6. The van der Waals surface area contributed by atoms with Crippen LogP contribution in [0.2, 0.25) is 0 Å². The summed E-state index contributed by atoms with van der Waals surface area (Å²) in [5.74, 6) is 0.877. The van der Waals surface area contributed by atoms with Gasteiger partial charge in [0.05, 0.1) is 24.3 Å². The fraction of sp³-hybridized carbons (Fsp3) is 0.414. The van der Waals surface area contributed by atoms with Gasteiger partial charge in [0.15, 0.2) is 0 Å². The molecule has 4 aromatic heterocycles. The molecule has 0 aliphatic heterocycles. The fourth-order valence-electron chi connectivity index (χ4n) is 8.50. The summed E-state index contributed by atoms with van der Waals surface area (Å²) in [7, 11) is 0. The van der Waals surface area contributed by atoms with Crippen LogP contribution in [0.25, 0.3) is 39.8 Å². The first-order valence-corrected chi connectivity index (χ1v) is 28.6. The summed E-state index contributed by atoms with van der Waals surface area (Å²) < 4.78 is 12.3. The van der Waals surface area contributed by atoms with Crippen LogP contribution in [0.4, 0.5) is 17.1 Å². The molecule has 0 fully saturated rings. The smallest absolute Gasteiger partial charge is 0.347 e. The number of aromatic carboxylic acids is 1. The Morgan fingerprint density at radius 2 is 0.971 bits per heavy atom. The Morgan fingerprint density at radius 3 is 1.49 bits per heavy atom. The third-order valence-electron chi connectivity index (χ3n) is 12.3. The van der Waals surface area contributed by atoms with Gasteiger partial charge in [-0.1, -0.05) is 117 Å². The normalized spacial score (nSPS) is 11.4. The zero-order valence-electron chi connectivity index (χ0n) is 40.7. The molecule has 0 bridgehead atoms. The highest BCUT2D eigenvalue weighted by atomic mass is 32.1. The largest absolute Gasteiger partial charge is 0.494 e. The number of hydrogen-bond donors (Lipinski definition) is 1. The molecule has 0 aliphatic rings. The molecular weight excluding hydrogens is 917 g/mol. The van der Waals surface area contributed by atoms with Gasteiger partial charge in [0.2, 0.25) is 0 Å². The fourth-order valence-corrected chi connectivity index (χ4v) is 13.0. The summed E-state index contributed by atoms with van der Waals surface area (Å²) >= 11 is 6.78. The van der Waals surface area contributed by atoms with E-state index >= 15 is 0 Å². The van der Waals surface area contributed by atoms with Gasteiger partial charge in [0.25, 0.3) is 0 Å². The summed E-state index contributed by atoms with van der Waals surface area (Å²) in [5.41, 5.74) is 7.37. The highest BCUT2D eigenvalue weighted by Gasteiger charge is 2.21. The molecule has 10 heteroatoms. The molecule has 0 saturated carbocycles. The average Bonchev–Trinajstić information content (AvgIpc) is 4.20. The molecule has 0 unspecified atom stereocenters. The van der Waals surface area contributed by atoms with Gasteiger partial charge in [-0.25, -0.2) is 9.78 Å². The molecule has 6 nitrogen and oxygen atoms in total. The number of ether oxygens (including phenoxy) is 2. The predicted octanol–water partition coefficient (Wildman–Crippen LogP) is 19.3. The quantitative estimate of drug-likeness (QED) is 0.0453. The average molecular weight is 987 g/mol. The van der Waals surface area contributed by atoms with E-state index in [1.54, 1.807) is 11.3 Å². The van der Waals surface area contributed by atoms with Crippen molar-refractivity contribution in [1.82, 2.24) is 4.98 Å². The van der Waals surface area contributed by atoms with Crippen molar-refractivity contribution in [2.45, 2.75) is 143 Å². The number of benzene rings is 3. The van der Waals surface area contributed by atoms with Crippen LogP contribution in [0, 0.1) is 0 Å². The summed E-state index contributed by atoms with van der Waals surface area (Å²) in [6.07, 6.45) is 22.8. The number of anilines is 3. The lowest BCUT2D eigenvalue weighted by atomic mass is 10.0. The molecule has 7 rings (SSSR count). The topological polar surface area (TPSA) is 71.9 Å². The van der Waals surface area contributed by atoms with Gasteiger partial charge in [-0.05, 0) is 140 Å². The van der Waals surface area contributed by atoms with Crippen molar-refractivity contribution in [2.75, 3.05) is 18.1 Å². The van der Waals surface area contributed by atoms with Gasteiger partial charge in [-0.2, -0.15) is 0 Å². The number of hydrogen-bond acceptors (Lipinski definition) is 9. The summed E-state index contributed by atoms with van der Waals surface area (Å²) in [4.78, 5) is 26.2. The zero-order valence-corrected chi connectivity index (χ0v) is 43.9. The van der Waals surface area contributed by atoms with Gasteiger partial charge in [-0.15, -0.1) is 45.3 Å². The number of rotatable bonds is 30. The van der Waals surface area contributed by atoms with Crippen LogP contribution in [0.15, 0.2) is 103 Å². The molecule has 0 aliphatic carbocycles. The van der Waals surface area contributed by atoms with Gasteiger partial charge in [-0.3, -0.25) is 0 Å². The first kappa shape index (κ1) is 51.1. The molecule has 360 valence electrons. The van der Waals surface area contributed by atoms with Gasteiger partial charge < -0.3 is 19.5 Å². The minimum atomic E-state index is -0.931. The first-order valence-electron chi connectivity index (χ1n) is 25.3. The van der Waals surface area contributed by atoms with Crippen molar-refractivity contribution >= 4 is 68.4 Å². The van der Waals surface area contributed by atoms with E-state index in [2.05, 4.69) is 135 Å². The Hall–Kier alpha value is -4.74. The van der Waals surface area contributed by atoms with Gasteiger partial charge >= 0.3 is 5.97 Å². The number of aromatic nitrogens is 1. The van der Waals surface area contributed by atoms with E-state index in [1.807, 2.05) is 22.7 Å². The third-order valence-corrected chi connectivity index (χ3v) is 17.3. The maximum absolute atomic E-state index is 11.6. The first-order chi connectivity index (χ1) is 33.4. The lowest BCUT2D eigenvalue weighted by Gasteiger charge is -2.26. The number of nitrogens with zero attached hydrogens (tertiary/aromatic N) is 2. The highest BCUT2D eigenvalue weighted by Crippen LogP contribution is 2.48. The molecule has 0 amide bonds. The van der Waals surface area contributed by atoms with Crippen molar-refractivity contribution in [3.8, 4) is 51.3 Å². The standard InChI is InChI=1S/C58H70N2O4S4/c1-5-9-13-17-21-43-40-53(56-44(22-18-14-10-6-2)39-52(66-56)50-35-36-51(65-50)57-59-41-54(68-57)58(61)62)67-55(43)42-23-25-45(26-24-42)60(46-27-31-48(32-28-46)63-37-19-15-11-7-3)47-29-33-49(34-30-47)64-38-20-16-12-8-4/h23-36,39-41H,5-22,37-38H2,1-4H3,(H,61,62). The molecule has 68 heavy (non-hydrogen) atoms. The van der Waals surface area contributed by atoms with Crippen molar-refractivity contribution < 1.29 is 19.4 Å². The number of carboxylic acid groups (broad SMARTS) is 1. The lowest BCUT2D eigenvalue weighted by Crippen LogP contribution is -2.10. The Labute approximate surface area is 422 Å². The van der Waals surface area contributed by atoms with E-state index in [9.17, 15) is 9.90 Å². The Balaban J connectivity index is 1.20. The Morgan fingerprint density at radius 1 is 0.500 bits per heavy atom. The summed E-state index contributed by atoms with van der Waals surface area (Å²) in [6, 6.07) is 35.5. The Kier molecular flexibility index (Phi) is 20.2. The van der Waals surface area contributed by atoms with E-state index in [1.165, 1.54) is 149 Å². The van der Waals surface area contributed by atoms with Crippen LogP contribution in [0.1, 0.15) is 151 Å². The number of thiophene rings is 3. The number of aryl methyl sites for hydroxylation is 2. The molecule has 7 aromatic rings. The second kappa shape index (κ2) is 26.9. The second-order valence-corrected chi connectivity index (χ2v) is 22.0. The van der Waals surface area contributed by atoms with Crippen molar-refractivity contribution in [3.63, 3.8) is 0 Å². The van der Waals surface area contributed by atoms with Gasteiger partial charge in [0, 0.05) is 41.4 Å². The van der Waals surface area contributed by atoms with Crippen LogP contribution in [-0.4, -0.2) is 29.3 Å². The van der Waals surface area contributed by atoms with Crippen LogP contribution < -0.4 is 14.4 Å². The van der Waals surface area contributed by atoms with E-state index in [0.29, 0.717) is 0 Å². The van der Waals surface area contributed by atoms with E-state index in [4.69, 9.17) is 9.47 Å². The number of unbranched alkanes of at least 4 members (excludes halogenated alkanes) is 12. The minimum absolute atomic E-state index is 0.265. The van der Waals surface area contributed by atoms with E-state index < -0.39 is 5.97 Å². The zero-order chi connectivity index (χ0) is 47.5.